The highest BCUT2D eigenvalue weighted by atomic mass is 16.5. The maximum absolute atomic E-state index is 13.8. The highest BCUT2D eigenvalue weighted by molar-refractivity contribution is 6.12. The Labute approximate surface area is 395 Å². The van der Waals surface area contributed by atoms with Crippen molar-refractivity contribution in [1.29, 1.82) is 0 Å². The number of nitrogens with one attached hydrogen (secondary N) is 6. The summed E-state index contributed by atoms with van der Waals surface area (Å²) in [6.45, 7) is 16.4. The van der Waals surface area contributed by atoms with Crippen LogP contribution >= 0.6 is 0 Å². The minimum absolute atomic E-state index is 0.106. The Morgan fingerprint density at radius 3 is 1.97 bits per heavy atom. The zero-order chi connectivity index (χ0) is 50.6. The molecule has 20 nitrogen and oxygen atoms in total. The second-order valence-corrected chi connectivity index (χ2v) is 18.2. The number of carbonyl (C=O) groups excluding carboxylic acids is 9. The number of anilines is 1. The highest BCUT2D eigenvalue weighted by Crippen LogP contribution is 2.22. The number of primary amides is 1. The number of nitrogens with zero attached hydrogens (tertiary/aromatic N) is 2. The van der Waals surface area contributed by atoms with Gasteiger partial charge in [-0.25, -0.2) is 9.59 Å². The van der Waals surface area contributed by atoms with Crippen LogP contribution in [-0.4, -0.2) is 126 Å². The largest absolute Gasteiger partial charge is 0.445 e. The number of carbonyl (C=O) groups is 9. The molecule has 0 aromatic heterocycles. The third kappa shape index (κ3) is 18.6. The van der Waals surface area contributed by atoms with Crippen LogP contribution in [0.5, 0.6) is 0 Å². The standard InChI is InChI=1S/C47H75N9O11/c1-12-30(6)40(31(7)66-11)55(10)43(62)39(29(4)5)53-44(63)47(8,9)54-46(65)67-27-32-19-21-33(22-20-32)50-41(60)34(17-16-25-49-45(48)64)51-42(61)38(28(2)3)52-35(57)18-14-13-15-26-56-36(58)23-24-37(56)59/h19-24,28-31,34,38-40H,12-18,25-27H2,1-11H3,(H,50,60)(H,51,61)(H,52,57)(H,53,63)(H,54,65)(H3,48,49,64)/t30-,31+,34-,38-,39-,40-/m0/s1. The average molecular weight is 942 g/mol. The molecule has 0 spiro atoms. The van der Waals surface area contributed by atoms with Gasteiger partial charge in [0.05, 0.1) is 12.1 Å². The third-order valence-corrected chi connectivity index (χ3v) is 11.7. The number of amides is 10. The van der Waals surface area contributed by atoms with Gasteiger partial charge in [-0.3, -0.25) is 38.5 Å². The van der Waals surface area contributed by atoms with E-state index in [1.807, 2.05) is 34.6 Å². The van der Waals surface area contributed by atoms with Crippen LogP contribution in [0.2, 0.25) is 0 Å². The molecule has 20 heteroatoms. The smallest absolute Gasteiger partial charge is 0.408 e. The van der Waals surface area contributed by atoms with Gasteiger partial charge in [0.15, 0.2) is 0 Å². The molecule has 8 N–H and O–H groups in total. The Kier molecular flexibility index (Phi) is 23.5. The Balaban J connectivity index is 2.01. The van der Waals surface area contributed by atoms with Crippen LogP contribution in [0.3, 0.4) is 0 Å². The third-order valence-electron chi connectivity index (χ3n) is 11.7. The zero-order valence-electron chi connectivity index (χ0n) is 41.1. The van der Waals surface area contributed by atoms with Crippen molar-refractivity contribution in [3.05, 3.63) is 42.0 Å². The van der Waals surface area contributed by atoms with Crippen molar-refractivity contribution in [2.24, 2.45) is 23.5 Å². The van der Waals surface area contributed by atoms with Gasteiger partial charge in [0.1, 0.15) is 30.3 Å². The Bertz CT molecular complexity index is 1880. The number of rotatable bonds is 28. The van der Waals surface area contributed by atoms with E-state index in [1.54, 1.807) is 57.2 Å². The molecule has 1 aromatic carbocycles. The second-order valence-electron chi connectivity index (χ2n) is 18.2. The Morgan fingerprint density at radius 2 is 1.42 bits per heavy atom. The summed E-state index contributed by atoms with van der Waals surface area (Å²) in [4.78, 5) is 118. The summed E-state index contributed by atoms with van der Waals surface area (Å²) in [7, 11) is 3.30. The lowest BCUT2D eigenvalue weighted by Crippen LogP contribution is -2.61. The lowest BCUT2D eigenvalue weighted by molar-refractivity contribution is -0.143. The van der Waals surface area contributed by atoms with Crippen LogP contribution in [0.25, 0.3) is 0 Å². The first-order valence-corrected chi connectivity index (χ1v) is 23.1. The predicted octanol–water partition coefficient (Wildman–Crippen LogP) is 3.24. The molecule has 0 radical (unpaired) electrons. The number of methoxy groups -OCH3 is 1. The molecule has 1 aliphatic rings. The summed E-state index contributed by atoms with van der Waals surface area (Å²) < 4.78 is 11.0. The Morgan fingerprint density at radius 1 is 0.806 bits per heavy atom. The van der Waals surface area contributed by atoms with Crippen molar-refractivity contribution in [3.8, 4) is 0 Å². The number of ether oxygens (including phenoxy) is 2. The molecule has 0 saturated carbocycles. The molecule has 1 aliphatic heterocycles. The van der Waals surface area contributed by atoms with Gasteiger partial charge in [-0.1, -0.05) is 66.5 Å². The molecule has 374 valence electrons. The first-order valence-electron chi connectivity index (χ1n) is 23.1. The van der Waals surface area contributed by atoms with Crippen molar-refractivity contribution in [2.75, 3.05) is 32.6 Å². The average Bonchev–Trinajstić information content (AvgIpc) is 3.59. The number of hydrogen-bond donors (Lipinski definition) is 7. The van der Waals surface area contributed by atoms with Crippen LogP contribution < -0.4 is 37.6 Å². The molecule has 0 bridgehead atoms. The van der Waals surface area contributed by atoms with E-state index in [0.717, 1.165) is 11.3 Å². The minimum Gasteiger partial charge on any atom is -0.445 e. The SMILES string of the molecule is CC[C@H](C)[C@@H]([C@@H](C)OC)N(C)C(=O)[C@@H](NC(=O)C(C)(C)NC(=O)OCc1ccc(NC(=O)[C@H](CCCNC(N)=O)NC(=O)[C@@H](NC(=O)CCCCCN2C(=O)C=CC2=O)C(C)C)cc1)C(C)C. The van der Waals surface area contributed by atoms with E-state index in [2.05, 4.69) is 31.9 Å². The first-order chi connectivity index (χ1) is 31.4. The number of nitrogens with two attached hydrogens (primary N) is 1. The minimum atomic E-state index is -1.46. The molecule has 0 unspecified atom stereocenters. The molecule has 1 heterocycles. The van der Waals surface area contributed by atoms with E-state index in [-0.39, 0.29) is 92.5 Å². The Hall–Kier alpha value is -6.05. The lowest BCUT2D eigenvalue weighted by Gasteiger charge is -2.39. The zero-order valence-corrected chi connectivity index (χ0v) is 41.1. The van der Waals surface area contributed by atoms with Crippen molar-refractivity contribution in [3.63, 3.8) is 0 Å². The van der Waals surface area contributed by atoms with Crippen LogP contribution in [0.15, 0.2) is 36.4 Å². The lowest BCUT2D eigenvalue weighted by atomic mass is 9.92. The molecule has 10 amide bonds. The van der Waals surface area contributed by atoms with Crippen LogP contribution in [0, 0.1) is 17.8 Å². The summed E-state index contributed by atoms with van der Waals surface area (Å²) in [6, 6.07) is 2.49. The van der Waals surface area contributed by atoms with Gasteiger partial charge in [0.2, 0.25) is 29.5 Å². The normalized spacial score (nSPS) is 15.2. The number of unbranched alkanes of at least 4 members (excludes halogenated alkanes) is 2. The van der Waals surface area contributed by atoms with Gasteiger partial charge < -0.3 is 52.0 Å². The number of imide groups is 1. The summed E-state index contributed by atoms with van der Waals surface area (Å²) in [5.41, 5.74) is 4.64. The van der Waals surface area contributed by atoms with E-state index in [9.17, 15) is 43.2 Å². The summed E-state index contributed by atoms with van der Waals surface area (Å²) in [5, 5.41) is 16.1. The van der Waals surface area contributed by atoms with Crippen molar-refractivity contribution >= 4 is 59.2 Å². The summed E-state index contributed by atoms with van der Waals surface area (Å²) in [5.74, 6) is -3.58. The van der Waals surface area contributed by atoms with E-state index in [4.69, 9.17) is 15.2 Å². The number of likely N-dealkylation sites (N-methyl/N-ethyl adjacent to an activating group) is 1. The molecule has 2 rings (SSSR count). The molecule has 0 fully saturated rings. The van der Waals surface area contributed by atoms with Crippen molar-refractivity contribution in [1.82, 2.24) is 36.4 Å². The molecule has 67 heavy (non-hydrogen) atoms. The fraction of sp³-hybridized carbons (Fsp3) is 0.638. The monoisotopic (exact) mass is 942 g/mol. The molecule has 0 saturated heterocycles. The van der Waals surface area contributed by atoms with E-state index < -0.39 is 53.5 Å². The molecule has 0 aliphatic carbocycles. The first kappa shape index (κ1) is 57.1. The number of urea groups is 1. The fourth-order valence-corrected chi connectivity index (χ4v) is 7.36. The fourth-order valence-electron chi connectivity index (χ4n) is 7.36. The van der Waals surface area contributed by atoms with E-state index in [0.29, 0.717) is 30.5 Å². The van der Waals surface area contributed by atoms with Gasteiger partial charge in [-0.15, -0.1) is 0 Å². The summed E-state index contributed by atoms with van der Waals surface area (Å²) in [6.07, 6.45) is 4.19. The molecule has 1 aromatic rings. The summed E-state index contributed by atoms with van der Waals surface area (Å²) >= 11 is 0. The van der Waals surface area contributed by atoms with E-state index in [1.165, 1.54) is 26.0 Å². The van der Waals surface area contributed by atoms with Gasteiger partial charge in [-0.05, 0) is 81.9 Å². The number of benzene rings is 1. The van der Waals surface area contributed by atoms with Crippen LogP contribution in [0.4, 0.5) is 15.3 Å². The van der Waals surface area contributed by atoms with Gasteiger partial charge in [0.25, 0.3) is 11.8 Å². The molecular weight excluding hydrogens is 867 g/mol. The quantitative estimate of drug-likeness (QED) is 0.0473. The second kappa shape index (κ2) is 27.6. The number of hydrogen-bond acceptors (Lipinski definition) is 11. The van der Waals surface area contributed by atoms with Crippen LogP contribution in [0.1, 0.15) is 113 Å². The maximum Gasteiger partial charge on any atom is 0.408 e. The van der Waals surface area contributed by atoms with Crippen molar-refractivity contribution in [2.45, 2.75) is 150 Å². The molecule has 6 atom stereocenters. The maximum atomic E-state index is 13.8. The number of alkyl carbamates (subject to hydrolysis) is 1. The van der Waals surface area contributed by atoms with Gasteiger partial charge in [0, 0.05) is 51.5 Å². The van der Waals surface area contributed by atoms with Gasteiger partial charge >= 0.3 is 12.1 Å². The van der Waals surface area contributed by atoms with Crippen LogP contribution in [-0.2, 0) is 49.6 Å². The molecular formula is C47H75N9O11. The van der Waals surface area contributed by atoms with E-state index >= 15 is 0 Å². The topological polar surface area (TPSA) is 277 Å². The van der Waals surface area contributed by atoms with Crippen molar-refractivity contribution < 1.29 is 52.6 Å². The predicted molar refractivity (Wildman–Crippen MR) is 252 cm³/mol. The highest BCUT2D eigenvalue weighted by Gasteiger charge is 2.38. The van der Waals surface area contributed by atoms with Gasteiger partial charge in [-0.2, -0.15) is 0 Å².